The molecule has 0 saturated carbocycles. The van der Waals surface area contributed by atoms with Crippen LogP contribution in [0, 0.1) is 10.1 Å². The maximum atomic E-state index is 12.1. The van der Waals surface area contributed by atoms with E-state index in [1.807, 2.05) is 30.3 Å². The quantitative estimate of drug-likeness (QED) is 0.434. The van der Waals surface area contributed by atoms with Gasteiger partial charge in [0.2, 0.25) is 5.91 Å². The van der Waals surface area contributed by atoms with Gasteiger partial charge in [-0.15, -0.1) is 11.3 Å². The normalized spacial score (nSPS) is 10.4. The third kappa shape index (κ3) is 4.26. The molecule has 0 N–H and O–H groups in total. The average molecular weight is 399 g/mol. The van der Waals surface area contributed by atoms with Crippen LogP contribution in [-0.2, 0) is 11.4 Å². The monoisotopic (exact) mass is 399 g/mol. The van der Waals surface area contributed by atoms with Gasteiger partial charge >= 0.3 is 0 Å². The lowest BCUT2D eigenvalue weighted by atomic mass is 10.3. The first-order valence-electron chi connectivity index (χ1n) is 8.25. The minimum Gasteiger partial charge on any atom is -0.493 e. The van der Waals surface area contributed by atoms with Crippen molar-refractivity contribution in [1.29, 1.82) is 0 Å². The molecule has 1 aromatic heterocycles. The zero-order valence-electron chi connectivity index (χ0n) is 15.2. The first-order valence-corrected chi connectivity index (χ1v) is 9.13. The molecule has 0 aliphatic rings. The zero-order chi connectivity index (χ0) is 20.1. The number of aromatic nitrogens is 1. The summed E-state index contributed by atoms with van der Waals surface area (Å²) in [6.07, 6.45) is 0. The number of hydrogen-bond donors (Lipinski definition) is 0. The van der Waals surface area contributed by atoms with Crippen LogP contribution in [0.15, 0.2) is 53.9 Å². The number of nitrogens with zero attached hydrogens (tertiary/aromatic N) is 3. The summed E-state index contributed by atoms with van der Waals surface area (Å²) >= 11 is 1.31. The summed E-state index contributed by atoms with van der Waals surface area (Å²) in [5.41, 5.74) is 1.22. The van der Waals surface area contributed by atoms with Crippen LogP contribution in [0.4, 0.5) is 16.5 Å². The van der Waals surface area contributed by atoms with Gasteiger partial charge in [-0.2, -0.15) is 0 Å². The van der Waals surface area contributed by atoms with Crippen LogP contribution in [-0.4, -0.2) is 22.9 Å². The summed E-state index contributed by atoms with van der Waals surface area (Å²) in [6.45, 7) is 1.55. The molecule has 0 fully saturated rings. The smallest absolute Gasteiger partial charge is 0.273 e. The fourth-order valence-corrected chi connectivity index (χ4v) is 3.38. The molecule has 144 valence electrons. The molecule has 2 aromatic carbocycles. The second-order valence-electron chi connectivity index (χ2n) is 5.69. The standard InChI is InChI=1S/C19H17N3O5S/c1-13(23)21(15-6-4-3-5-7-15)19-20-14(12-28-19)11-27-18-10-16(22(24)25)8-9-17(18)26-2/h3-10,12H,11H2,1-2H3. The Bertz CT molecular complexity index is 990. The van der Waals surface area contributed by atoms with Crippen LogP contribution in [0.5, 0.6) is 11.5 Å². The minimum absolute atomic E-state index is 0.0779. The lowest BCUT2D eigenvalue weighted by Gasteiger charge is -2.17. The third-order valence-corrected chi connectivity index (χ3v) is 4.67. The summed E-state index contributed by atoms with van der Waals surface area (Å²) < 4.78 is 10.9. The van der Waals surface area contributed by atoms with E-state index < -0.39 is 4.92 Å². The number of rotatable bonds is 7. The number of carbonyl (C=O) groups is 1. The molecular weight excluding hydrogens is 382 g/mol. The Kier molecular flexibility index (Phi) is 5.85. The van der Waals surface area contributed by atoms with Crippen LogP contribution >= 0.6 is 11.3 Å². The predicted octanol–water partition coefficient (Wildman–Crippen LogP) is 4.32. The zero-order valence-corrected chi connectivity index (χ0v) is 16.0. The minimum atomic E-state index is -0.502. The topological polar surface area (TPSA) is 94.8 Å². The number of para-hydroxylation sites is 1. The lowest BCUT2D eigenvalue weighted by molar-refractivity contribution is -0.385. The van der Waals surface area contributed by atoms with Crippen molar-refractivity contribution in [3.05, 3.63) is 69.7 Å². The second kappa shape index (κ2) is 8.49. The number of amides is 1. The Hall–Kier alpha value is -3.46. The van der Waals surface area contributed by atoms with Gasteiger partial charge in [-0.3, -0.25) is 19.8 Å². The number of methoxy groups -OCH3 is 1. The van der Waals surface area contributed by atoms with Gasteiger partial charge in [0.15, 0.2) is 16.6 Å². The van der Waals surface area contributed by atoms with Gasteiger partial charge in [0.05, 0.1) is 29.5 Å². The van der Waals surface area contributed by atoms with Crippen molar-refractivity contribution in [1.82, 2.24) is 4.98 Å². The summed E-state index contributed by atoms with van der Waals surface area (Å²) in [7, 11) is 1.46. The van der Waals surface area contributed by atoms with E-state index in [1.54, 1.807) is 5.38 Å². The largest absolute Gasteiger partial charge is 0.493 e. The van der Waals surface area contributed by atoms with E-state index in [4.69, 9.17) is 9.47 Å². The van der Waals surface area contributed by atoms with E-state index in [-0.39, 0.29) is 24.0 Å². The third-order valence-electron chi connectivity index (χ3n) is 3.79. The number of non-ortho nitro benzene ring substituents is 1. The highest BCUT2D eigenvalue weighted by atomic mass is 32.1. The molecule has 28 heavy (non-hydrogen) atoms. The van der Waals surface area contributed by atoms with E-state index in [2.05, 4.69) is 4.98 Å². The van der Waals surface area contributed by atoms with E-state index >= 15 is 0 Å². The molecule has 0 aliphatic carbocycles. The van der Waals surface area contributed by atoms with Crippen molar-refractivity contribution < 1.29 is 19.2 Å². The molecule has 0 atom stereocenters. The van der Waals surface area contributed by atoms with Crippen LogP contribution in [0.25, 0.3) is 0 Å². The molecule has 0 saturated heterocycles. The lowest BCUT2D eigenvalue weighted by Crippen LogP contribution is -2.22. The molecule has 1 heterocycles. The summed E-state index contributed by atoms with van der Waals surface area (Å²) in [6, 6.07) is 13.3. The molecular formula is C19H17N3O5S. The fourth-order valence-electron chi connectivity index (χ4n) is 2.51. The van der Waals surface area contributed by atoms with E-state index in [0.29, 0.717) is 16.6 Å². The number of nitro groups is 1. The van der Waals surface area contributed by atoms with Crippen molar-refractivity contribution in [3.8, 4) is 11.5 Å². The molecule has 8 nitrogen and oxygen atoms in total. The van der Waals surface area contributed by atoms with Gasteiger partial charge in [0.1, 0.15) is 6.61 Å². The number of thiazole rings is 1. The van der Waals surface area contributed by atoms with Gasteiger partial charge in [-0.05, 0) is 18.2 Å². The van der Waals surface area contributed by atoms with Gasteiger partial charge in [-0.25, -0.2) is 4.98 Å². The molecule has 3 aromatic rings. The highest BCUT2D eigenvalue weighted by Crippen LogP contribution is 2.33. The van der Waals surface area contributed by atoms with Crippen LogP contribution in [0.3, 0.4) is 0 Å². The first kappa shape index (κ1) is 19.3. The van der Waals surface area contributed by atoms with Crippen LogP contribution in [0.2, 0.25) is 0 Å². The maximum Gasteiger partial charge on any atom is 0.273 e. The van der Waals surface area contributed by atoms with Crippen molar-refractivity contribution in [3.63, 3.8) is 0 Å². The highest BCUT2D eigenvalue weighted by molar-refractivity contribution is 7.14. The van der Waals surface area contributed by atoms with Crippen molar-refractivity contribution in [2.24, 2.45) is 0 Å². The predicted molar refractivity (Wildman–Crippen MR) is 105 cm³/mol. The van der Waals surface area contributed by atoms with Gasteiger partial charge < -0.3 is 9.47 Å². The summed E-state index contributed by atoms with van der Waals surface area (Å²) in [5, 5.41) is 13.3. The number of carbonyl (C=O) groups excluding carboxylic acids is 1. The highest BCUT2D eigenvalue weighted by Gasteiger charge is 2.18. The van der Waals surface area contributed by atoms with Gasteiger partial charge in [0.25, 0.3) is 5.69 Å². The fraction of sp³-hybridized carbons (Fsp3) is 0.158. The first-order chi connectivity index (χ1) is 13.5. The van der Waals surface area contributed by atoms with E-state index in [1.165, 1.54) is 48.5 Å². The van der Waals surface area contributed by atoms with Crippen molar-refractivity contribution in [2.45, 2.75) is 13.5 Å². The SMILES string of the molecule is COc1ccc([N+](=O)[O-])cc1OCc1csc(N(C(C)=O)c2ccccc2)n1. The van der Waals surface area contributed by atoms with Gasteiger partial charge in [-0.1, -0.05) is 18.2 Å². The summed E-state index contributed by atoms with van der Waals surface area (Å²) in [5.74, 6) is 0.474. The molecule has 3 rings (SSSR count). The Morgan fingerprint density at radius 1 is 1.21 bits per heavy atom. The van der Waals surface area contributed by atoms with Crippen molar-refractivity contribution in [2.75, 3.05) is 12.0 Å². The Morgan fingerprint density at radius 3 is 2.61 bits per heavy atom. The maximum absolute atomic E-state index is 12.1. The molecule has 0 spiro atoms. The summed E-state index contributed by atoms with van der Waals surface area (Å²) in [4.78, 5) is 28.5. The number of anilines is 2. The number of ether oxygens (including phenoxy) is 2. The Labute approximate surface area is 165 Å². The van der Waals surface area contributed by atoms with E-state index in [0.717, 1.165) is 5.69 Å². The molecule has 0 bridgehead atoms. The Morgan fingerprint density at radius 2 is 1.96 bits per heavy atom. The molecule has 9 heteroatoms. The van der Waals surface area contributed by atoms with Crippen molar-refractivity contribution >= 4 is 33.8 Å². The van der Waals surface area contributed by atoms with Crippen LogP contribution < -0.4 is 14.4 Å². The van der Waals surface area contributed by atoms with E-state index in [9.17, 15) is 14.9 Å². The number of benzene rings is 2. The number of nitro benzene ring substituents is 1. The Balaban J connectivity index is 1.79. The second-order valence-corrected chi connectivity index (χ2v) is 6.53. The average Bonchev–Trinajstić information content (AvgIpc) is 3.15. The molecule has 0 radical (unpaired) electrons. The molecule has 1 amide bonds. The van der Waals surface area contributed by atoms with Crippen LogP contribution in [0.1, 0.15) is 12.6 Å². The molecule has 0 unspecified atom stereocenters. The molecule has 0 aliphatic heterocycles. The van der Waals surface area contributed by atoms with Gasteiger partial charge in [0, 0.05) is 18.4 Å². The number of hydrogen-bond acceptors (Lipinski definition) is 7.